The molecule has 0 amide bonds. The molecule has 0 radical (unpaired) electrons. The van der Waals surface area contributed by atoms with Crippen molar-refractivity contribution in [3.05, 3.63) is 18.2 Å². The zero-order valence-corrected chi connectivity index (χ0v) is 10.5. The van der Waals surface area contributed by atoms with Crippen molar-refractivity contribution in [2.75, 3.05) is 26.2 Å². The fourth-order valence-corrected chi connectivity index (χ4v) is 2.64. The van der Waals surface area contributed by atoms with Gasteiger partial charge in [0.1, 0.15) is 6.04 Å². The van der Waals surface area contributed by atoms with E-state index in [4.69, 9.17) is 0 Å². The molecule has 1 aromatic rings. The van der Waals surface area contributed by atoms with Gasteiger partial charge in [0.05, 0.1) is 24.3 Å². The molecule has 5 heteroatoms. The first kappa shape index (κ1) is 11.7. The number of nitrogens with one attached hydrogen (secondary N) is 1. The van der Waals surface area contributed by atoms with Gasteiger partial charge in [-0.3, -0.25) is 4.90 Å². The van der Waals surface area contributed by atoms with E-state index < -0.39 is 0 Å². The van der Waals surface area contributed by atoms with Gasteiger partial charge in [0.25, 0.3) is 0 Å². The normalized spacial score (nSPS) is 23.3. The fraction of sp³-hybridized carbons (Fsp3) is 0.692. The highest BCUT2D eigenvalue weighted by Gasteiger charge is 2.30. The Morgan fingerprint density at radius 1 is 1.39 bits per heavy atom. The molecule has 1 N–H and O–H groups in total. The molecule has 1 unspecified atom stereocenters. The lowest BCUT2D eigenvalue weighted by atomic mass is 10.2. The van der Waals surface area contributed by atoms with Crippen molar-refractivity contribution < 1.29 is 0 Å². The molecule has 0 bridgehead atoms. The second-order valence-electron chi connectivity index (χ2n) is 5.13. The summed E-state index contributed by atoms with van der Waals surface area (Å²) in [5.74, 6) is 0. The molecule has 5 nitrogen and oxygen atoms in total. The predicted molar refractivity (Wildman–Crippen MR) is 67.9 cm³/mol. The van der Waals surface area contributed by atoms with Crippen LogP contribution < -0.4 is 5.32 Å². The van der Waals surface area contributed by atoms with Crippen LogP contribution in [0.3, 0.4) is 0 Å². The SMILES string of the molecule is N#CC(c1cncn1C1CC1)N1CCCNCC1. The summed E-state index contributed by atoms with van der Waals surface area (Å²) in [5, 5.41) is 12.9. The lowest BCUT2D eigenvalue weighted by molar-refractivity contribution is 0.244. The average Bonchev–Trinajstić information content (AvgIpc) is 3.17. The highest BCUT2D eigenvalue weighted by atomic mass is 15.2. The third-order valence-electron chi connectivity index (χ3n) is 3.78. The summed E-state index contributed by atoms with van der Waals surface area (Å²) in [7, 11) is 0. The third kappa shape index (κ3) is 2.26. The molecule has 96 valence electrons. The number of nitriles is 1. The van der Waals surface area contributed by atoms with Crippen molar-refractivity contribution in [1.29, 1.82) is 5.26 Å². The average molecular weight is 245 g/mol. The van der Waals surface area contributed by atoms with E-state index in [0.29, 0.717) is 6.04 Å². The predicted octanol–water partition coefficient (Wildman–Crippen LogP) is 1.08. The smallest absolute Gasteiger partial charge is 0.140 e. The van der Waals surface area contributed by atoms with Gasteiger partial charge in [0.2, 0.25) is 0 Å². The van der Waals surface area contributed by atoms with E-state index in [9.17, 15) is 5.26 Å². The van der Waals surface area contributed by atoms with Crippen molar-refractivity contribution in [1.82, 2.24) is 19.8 Å². The Hall–Kier alpha value is -1.38. The maximum Gasteiger partial charge on any atom is 0.140 e. The topological polar surface area (TPSA) is 56.9 Å². The monoisotopic (exact) mass is 245 g/mol. The van der Waals surface area contributed by atoms with E-state index in [1.54, 1.807) is 0 Å². The molecule has 3 rings (SSSR count). The van der Waals surface area contributed by atoms with Crippen LogP contribution in [0.5, 0.6) is 0 Å². The zero-order chi connectivity index (χ0) is 12.4. The molecule has 18 heavy (non-hydrogen) atoms. The van der Waals surface area contributed by atoms with E-state index in [1.807, 2.05) is 12.5 Å². The van der Waals surface area contributed by atoms with Gasteiger partial charge in [-0.1, -0.05) is 0 Å². The molecule has 1 saturated carbocycles. The Morgan fingerprint density at radius 3 is 3.06 bits per heavy atom. The molecule has 0 spiro atoms. The van der Waals surface area contributed by atoms with E-state index in [-0.39, 0.29) is 6.04 Å². The molecule has 1 aliphatic carbocycles. The third-order valence-corrected chi connectivity index (χ3v) is 3.78. The minimum absolute atomic E-state index is 0.145. The Bertz CT molecular complexity index is 434. The molecule has 2 fully saturated rings. The molecule has 1 aliphatic heterocycles. The molecule has 1 saturated heterocycles. The second-order valence-corrected chi connectivity index (χ2v) is 5.13. The lowest BCUT2D eigenvalue weighted by Gasteiger charge is -2.25. The summed E-state index contributed by atoms with van der Waals surface area (Å²) in [6.45, 7) is 3.95. The Balaban J connectivity index is 1.82. The highest BCUT2D eigenvalue weighted by Crippen LogP contribution is 2.37. The molecule has 1 atom stereocenters. The van der Waals surface area contributed by atoms with Crippen molar-refractivity contribution >= 4 is 0 Å². The van der Waals surface area contributed by atoms with Gasteiger partial charge in [0.15, 0.2) is 0 Å². The number of aromatic nitrogens is 2. The van der Waals surface area contributed by atoms with Crippen LogP contribution in [0.1, 0.15) is 37.0 Å². The first-order valence-corrected chi connectivity index (χ1v) is 6.76. The molecular weight excluding hydrogens is 226 g/mol. The van der Waals surface area contributed by atoms with Crippen LogP contribution in [0, 0.1) is 11.3 Å². The number of rotatable bonds is 3. The van der Waals surface area contributed by atoms with Crippen LogP contribution in [0.25, 0.3) is 0 Å². The summed E-state index contributed by atoms with van der Waals surface area (Å²) in [5.41, 5.74) is 1.07. The van der Waals surface area contributed by atoms with Crippen molar-refractivity contribution in [3.8, 4) is 6.07 Å². The van der Waals surface area contributed by atoms with E-state index in [2.05, 4.69) is 25.8 Å². The van der Waals surface area contributed by atoms with Crippen molar-refractivity contribution in [2.24, 2.45) is 0 Å². The van der Waals surface area contributed by atoms with Gasteiger partial charge >= 0.3 is 0 Å². The molecule has 2 aliphatic rings. The van der Waals surface area contributed by atoms with E-state index in [0.717, 1.165) is 38.3 Å². The van der Waals surface area contributed by atoms with Gasteiger partial charge in [0, 0.05) is 25.7 Å². The second kappa shape index (κ2) is 5.09. The van der Waals surface area contributed by atoms with Gasteiger partial charge in [-0.25, -0.2) is 4.98 Å². The lowest BCUT2D eigenvalue weighted by Crippen LogP contribution is -2.32. The van der Waals surface area contributed by atoms with Crippen LogP contribution in [-0.4, -0.2) is 40.6 Å². The van der Waals surface area contributed by atoms with Gasteiger partial charge < -0.3 is 9.88 Å². The largest absolute Gasteiger partial charge is 0.329 e. The minimum Gasteiger partial charge on any atom is -0.329 e. The number of hydrogen-bond donors (Lipinski definition) is 1. The van der Waals surface area contributed by atoms with Crippen molar-refractivity contribution in [2.45, 2.75) is 31.3 Å². The Kier molecular flexibility index (Phi) is 3.31. The summed E-state index contributed by atoms with van der Waals surface area (Å²) in [6.07, 6.45) is 7.31. The molecule has 2 heterocycles. The molecular formula is C13H19N5. The highest BCUT2D eigenvalue weighted by molar-refractivity contribution is 5.16. The van der Waals surface area contributed by atoms with Crippen LogP contribution >= 0.6 is 0 Å². The quantitative estimate of drug-likeness (QED) is 0.865. The zero-order valence-electron chi connectivity index (χ0n) is 10.5. The van der Waals surface area contributed by atoms with Crippen LogP contribution in [0.4, 0.5) is 0 Å². The fourth-order valence-electron chi connectivity index (χ4n) is 2.64. The number of hydrogen-bond acceptors (Lipinski definition) is 4. The van der Waals surface area contributed by atoms with E-state index >= 15 is 0 Å². The van der Waals surface area contributed by atoms with Crippen molar-refractivity contribution in [3.63, 3.8) is 0 Å². The summed E-state index contributed by atoms with van der Waals surface area (Å²) >= 11 is 0. The van der Waals surface area contributed by atoms with Gasteiger partial charge in [-0.05, 0) is 25.8 Å². The van der Waals surface area contributed by atoms with E-state index in [1.165, 1.54) is 12.8 Å². The van der Waals surface area contributed by atoms with Crippen LogP contribution in [0.15, 0.2) is 12.5 Å². The van der Waals surface area contributed by atoms with Gasteiger partial charge in [-0.2, -0.15) is 5.26 Å². The maximum absolute atomic E-state index is 9.52. The van der Waals surface area contributed by atoms with Gasteiger partial charge in [-0.15, -0.1) is 0 Å². The van der Waals surface area contributed by atoms with Crippen LogP contribution in [-0.2, 0) is 0 Å². The number of nitrogens with zero attached hydrogens (tertiary/aromatic N) is 4. The standard InChI is InChI=1S/C13H19N5/c14-8-12(17-6-1-4-15-5-7-17)13-9-16-10-18(13)11-2-3-11/h9-12,15H,1-7H2. The Morgan fingerprint density at radius 2 is 2.28 bits per heavy atom. The minimum atomic E-state index is -0.145. The maximum atomic E-state index is 9.52. The first-order valence-electron chi connectivity index (χ1n) is 6.76. The van der Waals surface area contributed by atoms with Crippen LogP contribution in [0.2, 0.25) is 0 Å². The summed E-state index contributed by atoms with van der Waals surface area (Å²) in [6, 6.07) is 2.90. The number of imidazole rings is 1. The summed E-state index contributed by atoms with van der Waals surface area (Å²) < 4.78 is 2.20. The summed E-state index contributed by atoms with van der Waals surface area (Å²) in [4.78, 5) is 6.51. The molecule has 0 aromatic carbocycles. The first-order chi connectivity index (χ1) is 8.90. The molecule has 1 aromatic heterocycles. The Labute approximate surface area is 107 Å².